The van der Waals surface area contributed by atoms with Gasteiger partial charge in [0.1, 0.15) is 0 Å². The Labute approximate surface area is 207 Å². The van der Waals surface area contributed by atoms with Gasteiger partial charge in [-0.25, -0.2) is 5.48 Å². The van der Waals surface area contributed by atoms with Crippen LogP contribution in [0.25, 0.3) is 10.9 Å². The standard InChI is InChI=1S/C30H33N3O2/c1-22-28(19-23-11-13-26(14-12-23)30(34)31-35)27-9-5-6-10-29(27)33(22)21-25-15-17-32(18-16-25)20-24-7-3-2-4-8-24/h2-14,25,35H,15-21H2,1H3,(H,31,34). The number of likely N-dealkylation sites (tertiary alicyclic amines) is 1. The van der Waals surface area contributed by atoms with Crippen molar-refractivity contribution < 1.29 is 10.0 Å². The maximum absolute atomic E-state index is 11.6. The molecule has 1 saturated heterocycles. The number of amides is 1. The van der Waals surface area contributed by atoms with Gasteiger partial charge in [0.2, 0.25) is 0 Å². The van der Waals surface area contributed by atoms with Gasteiger partial charge < -0.3 is 4.57 Å². The molecule has 0 bridgehead atoms. The molecule has 4 aromatic rings. The zero-order chi connectivity index (χ0) is 24.2. The van der Waals surface area contributed by atoms with Crippen molar-refractivity contribution in [3.05, 3.63) is 107 Å². The summed E-state index contributed by atoms with van der Waals surface area (Å²) in [7, 11) is 0. The molecule has 35 heavy (non-hydrogen) atoms. The second-order valence-electron chi connectivity index (χ2n) is 9.71. The highest BCUT2D eigenvalue weighted by molar-refractivity contribution is 5.93. The summed E-state index contributed by atoms with van der Waals surface area (Å²) in [5.41, 5.74) is 8.68. The van der Waals surface area contributed by atoms with E-state index in [1.807, 2.05) is 12.1 Å². The van der Waals surface area contributed by atoms with Crippen molar-refractivity contribution in [2.75, 3.05) is 13.1 Å². The summed E-state index contributed by atoms with van der Waals surface area (Å²) in [4.78, 5) is 14.2. The summed E-state index contributed by atoms with van der Waals surface area (Å²) < 4.78 is 2.52. The monoisotopic (exact) mass is 467 g/mol. The summed E-state index contributed by atoms with van der Waals surface area (Å²) in [6, 6.07) is 27.0. The van der Waals surface area contributed by atoms with E-state index in [2.05, 4.69) is 71.0 Å². The van der Waals surface area contributed by atoms with E-state index in [4.69, 9.17) is 5.21 Å². The lowest BCUT2D eigenvalue weighted by atomic mass is 9.96. The summed E-state index contributed by atoms with van der Waals surface area (Å²) in [5.74, 6) is 0.194. The van der Waals surface area contributed by atoms with Gasteiger partial charge in [0.15, 0.2) is 0 Å². The van der Waals surface area contributed by atoms with Crippen LogP contribution in [0.4, 0.5) is 0 Å². The number of piperidine rings is 1. The third kappa shape index (κ3) is 5.16. The molecule has 0 unspecified atom stereocenters. The van der Waals surface area contributed by atoms with E-state index in [1.165, 1.54) is 40.6 Å². The number of carbonyl (C=O) groups is 1. The van der Waals surface area contributed by atoms with Gasteiger partial charge in [-0.1, -0.05) is 60.7 Å². The molecule has 0 saturated carbocycles. The van der Waals surface area contributed by atoms with Crippen molar-refractivity contribution in [2.24, 2.45) is 5.92 Å². The number of carbonyl (C=O) groups excluding carboxylic acids is 1. The van der Waals surface area contributed by atoms with Crippen molar-refractivity contribution in [3.8, 4) is 0 Å². The maximum Gasteiger partial charge on any atom is 0.274 e. The molecular weight excluding hydrogens is 434 g/mol. The smallest absolute Gasteiger partial charge is 0.274 e. The molecule has 1 fully saturated rings. The molecule has 2 N–H and O–H groups in total. The summed E-state index contributed by atoms with van der Waals surface area (Å²) in [6.45, 7) is 6.65. The van der Waals surface area contributed by atoms with Crippen LogP contribution >= 0.6 is 0 Å². The normalized spacial score (nSPS) is 14.9. The molecule has 1 aliphatic heterocycles. The molecule has 1 aliphatic rings. The van der Waals surface area contributed by atoms with Gasteiger partial charge in [0, 0.05) is 35.2 Å². The zero-order valence-corrected chi connectivity index (χ0v) is 20.3. The van der Waals surface area contributed by atoms with E-state index in [0.29, 0.717) is 11.5 Å². The molecule has 0 atom stereocenters. The number of benzene rings is 3. The van der Waals surface area contributed by atoms with Gasteiger partial charge in [-0.3, -0.25) is 14.9 Å². The Kier molecular flexibility index (Phi) is 6.98. The first-order valence-corrected chi connectivity index (χ1v) is 12.5. The van der Waals surface area contributed by atoms with Crippen molar-refractivity contribution in [1.29, 1.82) is 0 Å². The number of hydrogen-bond donors (Lipinski definition) is 2. The molecule has 1 amide bonds. The Hall–Kier alpha value is -3.41. The highest BCUT2D eigenvalue weighted by Gasteiger charge is 2.22. The van der Waals surface area contributed by atoms with Crippen LogP contribution < -0.4 is 5.48 Å². The number of fused-ring (bicyclic) bond motifs is 1. The van der Waals surface area contributed by atoms with E-state index in [1.54, 1.807) is 17.6 Å². The second-order valence-corrected chi connectivity index (χ2v) is 9.71. The fourth-order valence-corrected chi connectivity index (χ4v) is 5.43. The maximum atomic E-state index is 11.6. The van der Waals surface area contributed by atoms with E-state index in [0.717, 1.165) is 38.2 Å². The number of nitrogens with one attached hydrogen (secondary N) is 1. The topological polar surface area (TPSA) is 57.5 Å². The quantitative estimate of drug-likeness (QED) is 0.276. The summed E-state index contributed by atoms with van der Waals surface area (Å²) >= 11 is 0. The first kappa shape index (κ1) is 23.3. The van der Waals surface area contributed by atoms with Crippen molar-refractivity contribution in [1.82, 2.24) is 14.9 Å². The predicted octanol–water partition coefficient (Wildman–Crippen LogP) is 5.57. The number of nitrogens with zero attached hydrogens (tertiary/aromatic N) is 2. The largest absolute Gasteiger partial charge is 0.344 e. The SMILES string of the molecule is Cc1c(Cc2ccc(C(=O)NO)cc2)c2ccccc2n1CC1CCN(Cc2ccccc2)CC1. The third-order valence-corrected chi connectivity index (χ3v) is 7.46. The summed E-state index contributed by atoms with van der Waals surface area (Å²) in [6.07, 6.45) is 3.26. The fraction of sp³-hybridized carbons (Fsp3) is 0.300. The number of hydrogen-bond acceptors (Lipinski definition) is 3. The van der Waals surface area contributed by atoms with E-state index < -0.39 is 5.91 Å². The molecule has 3 aromatic carbocycles. The van der Waals surface area contributed by atoms with Crippen LogP contribution in [0.2, 0.25) is 0 Å². The second kappa shape index (κ2) is 10.5. The van der Waals surface area contributed by atoms with Crippen molar-refractivity contribution in [2.45, 2.75) is 39.3 Å². The molecule has 0 spiro atoms. The van der Waals surface area contributed by atoms with Crippen LogP contribution in [0.5, 0.6) is 0 Å². The Balaban J connectivity index is 1.30. The highest BCUT2D eigenvalue weighted by atomic mass is 16.5. The molecule has 0 aliphatic carbocycles. The lowest BCUT2D eigenvalue weighted by Crippen LogP contribution is -2.34. The van der Waals surface area contributed by atoms with Crippen molar-refractivity contribution >= 4 is 16.8 Å². The molecular formula is C30H33N3O2. The van der Waals surface area contributed by atoms with Crippen LogP contribution in [-0.2, 0) is 19.5 Å². The Morgan fingerprint density at radius 2 is 1.60 bits per heavy atom. The van der Waals surface area contributed by atoms with Crippen molar-refractivity contribution in [3.63, 3.8) is 0 Å². The van der Waals surface area contributed by atoms with Crippen LogP contribution in [-0.4, -0.2) is 33.7 Å². The average Bonchev–Trinajstić information content (AvgIpc) is 3.16. The first-order chi connectivity index (χ1) is 17.1. The van der Waals surface area contributed by atoms with Gasteiger partial charge in [0.05, 0.1) is 0 Å². The number of para-hydroxylation sites is 1. The van der Waals surface area contributed by atoms with Crippen LogP contribution in [0, 0.1) is 12.8 Å². The van der Waals surface area contributed by atoms with Gasteiger partial charge in [-0.05, 0) is 80.1 Å². The number of rotatable bonds is 7. The van der Waals surface area contributed by atoms with Crippen LogP contribution in [0.1, 0.15) is 45.6 Å². The van der Waals surface area contributed by atoms with Gasteiger partial charge in [-0.15, -0.1) is 0 Å². The number of hydroxylamine groups is 1. The molecule has 5 heteroatoms. The summed E-state index contributed by atoms with van der Waals surface area (Å²) in [5, 5.41) is 10.2. The minimum Gasteiger partial charge on any atom is -0.344 e. The van der Waals surface area contributed by atoms with E-state index in [-0.39, 0.29) is 0 Å². The molecule has 5 nitrogen and oxygen atoms in total. The first-order valence-electron chi connectivity index (χ1n) is 12.5. The molecule has 2 heterocycles. The van der Waals surface area contributed by atoms with Crippen LogP contribution in [0.15, 0.2) is 78.9 Å². The van der Waals surface area contributed by atoms with Crippen LogP contribution in [0.3, 0.4) is 0 Å². The third-order valence-electron chi connectivity index (χ3n) is 7.46. The van der Waals surface area contributed by atoms with E-state index in [9.17, 15) is 4.79 Å². The lowest BCUT2D eigenvalue weighted by molar-refractivity contribution is 0.0706. The van der Waals surface area contributed by atoms with Gasteiger partial charge in [-0.2, -0.15) is 0 Å². The fourth-order valence-electron chi connectivity index (χ4n) is 5.43. The van der Waals surface area contributed by atoms with E-state index >= 15 is 0 Å². The Bertz CT molecular complexity index is 1290. The lowest BCUT2D eigenvalue weighted by Gasteiger charge is -2.32. The Morgan fingerprint density at radius 1 is 0.914 bits per heavy atom. The molecule has 1 aromatic heterocycles. The molecule has 0 radical (unpaired) electrons. The van der Waals surface area contributed by atoms with Gasteiger partial charge >= 0.3 is 0 Å². The average molecular weight is 468 g/mol. The van der Waals surface area contributed by atoms with Gasteiger partial charge in [0.25, 0.3) is 5.91 Å². The predicted molar refractivity (Wildman–Crippen MR) is 140 cm³/mol. The Morgan fingerprint density at radius 3 is 2.31 bits per heavy atom. The molecule has 180 valence electrons. The number of aromatic nitrogens is 1. The minimum atomic E-state index is -0.487. The zero-order valence-electron chi connectivity index (χ0n) is 20.3. The molecule has 5 rings (SSSR count). The highest BCUT2D eigenvalue weighted by Crippen LogP contribution is 2.31. The minimum absolute atomic E-state index is 0.453.